The Morgan fingerprint density at radius 3 is 2.47 bits per heavy atom. The Bertz CT molecular complexity index is 516. The minimum Gasteiger partial charge on any atom is -0.315 e. The van der Waals surface area contributed by atoms with E-state index in [-0.39, 0.29) is 15.1 Å². The van der Waals surface area contributed by atoms with Gasteiger partial charge in [-0.15, -0.1) is 0 Å². The standard InChI is InChI=1S/C10H18N2O3S2/c1-4-6-8(5-2)12-17(14,15)9-7(3)11-10(13)16-9/h8,12H,4-6H2,1-3H3,(H,11,13). The molecule has 0 aliphatic heterocycles. The highest BCUT2D eigenvalue weighted by molar-refractivity contribution is 7.91. The van der Waals surface area contributed by atoms with Gasteiger partial charge in [-0.05, 0) is 19.8 Å². The van der Waals surface area contributed by atoms with Gasteiger partial charge in [0.25, 0.3) is 10.0 Å². The largest absolute Gasteiger partial charge is 0.315 e. The van der Waals surface area contributed by atoms with Gasteiger partial charge in [0.2, 0.25) is 0 Å². The van der Waals surface area contributed by atoms with Crippen molar-refractivity contribution in [2.24, 2.45) is 0 Å². The third-order valence-corrected chi connectivity index (χ3v) is 5.60. The van der Waals surface area contributed by atoms with Crippen molar-refractivity contribution in [3.8, 4) is 0 Å². The molecule has 1 heterocycles. The topological polar surface area (TPSA) is 79.0 Å². The molecular formula is C10H18N2O3S2. The fourth-order valence-electron chi connectivity index (χ4n) is 1.61. The maximum Gasteiger partial charge on any atom is 0.305 e. The summed E-state index contributed by atoms with van der Waals surface area (Å²) in [5.74, 6) is 0. The third-order valence-electron chi connectivity index (χ3n) is 2.48. The molecule has 1 unspecified atom stereocenters. The molecule has 0 fully saturated rings. The van der Waals surface area contributed by atoms with Crippen LogP contribution in [-0.4, -0.2) is 19.4 Å². The highest BCUT2D eigenvalue weighted by Crippen LogP contribution is 2.17. The van der Waals surface area contributed by atoms with Gasteiger partial charge >= 0.3 is 4.87 Å². The van der Waals surface area contributed by atoms with E-state index in [0.29, 0.717) is 5.69 Å². The number of hydrogen-bond acceptors (Lipinski definition) is 4. The Kier molecular flexibility index (Phi) is 4.91. The van der Waals surface area contributed by atoms with E-state index in [9.17, 15) is 13.2 Å². The molecule has 1 rings (SSSR count). The Balaban J connectivity index is 2.96. The highest BCUT2D eigenvalue weighted by Gasteiger charge is 2.23. The summed E-state index contributed by atoms with van der Waals surface area (Å²) < 4.78 is 26.8. The van der Waals surface area contributed by atoms with Crippen molar-refractivity contribution in [2.45, 2.75) is 50.3 Å². The zero-order valence-corrected chi connectivity index (χ0v) is 11.9. The molecule has 0 spiro atoms. The molecule has 1 aromatic heterocycles. The molecule has 5 nitrogen and oxygen atoms in total. The van der Waals surface area contributed by atoms with Gasteiger partial charge in [0, 0.05) is 11.7 Å². The first-order chi connectivity index (χ1) is 7.90. The Morgan fingerprint density at radius 2 is 2.06 bits per heavy atom. The fraction of sp³-hybridized carbons (Fsp3) is 0.700. The van der Waals surface area contributed by atoms with Crippen LogP contribution in [0.5, 0.6) is 0 Å². The molecule has 0 aromatic carbocycles. The number of rotatable bonds is 6. The molecule has 0 bridgehead atoms. The average molecular weight is 278 g/mol. The van der Waals surface area contributed by atoms with Crippen molar-refractivity contribution in [3.63, 3.8) is 0 Å². The van der Waals surface area contributed by atoms with Gasteiger partial charge in [-0.1, -0.05) is 31.6 Å². The smallest absolute Gasteiger partial charge is 0.305 e. The number of sulfonamides is 1. The molecule has 1 atom stereocenters. The number of hydrogen-bond donors (Lipinski definition) is 2. The van der Waals surface area contributed by atoms with Crippen LogP contribution in [0.2, 0.25) is 0 Å². The summed E-state index contributed by atoms with van der Waals surface area (Å²) in [7, 11) is -3.57. The predicted molar refractivity (Wildman–Crippen MR) is 69.0 cm³/mol. The lowest BCUT2D eigenvalue weighted by Crippen LogP contribution is -2.34. The minimum atomic E-state index is -3.57. The van der Waals surface area contributed by atoms with Gasteiger partial charge in [-0.25, -0.2) is 13.1 Å². The van der Waals surface area contributed by atoms with Crippen molar-refractivity contribution >= 4 is 21.4 Å². The molecule has 0 amide bonds. The van der Waals surface area contributed by atoms with Crippen molar-refractivity contribution in [2.75, 3.05) is 0 Å². The van der Waals surface area contributed by atoms with E-state index in [1.807, 2.05) is 13.8 Å². The zero-order chi connectivity index (χ0) is 13.1. The fourth-order valence-corrected chi connectivity index (χ4v) is 4.29. The monoisotopic (exact) mass is 278 g/mol. The van der Waals surface area contributed by atoms with E-state index in [1.165, 1.54) is 0 Å². The summed E-state index contributed by atoms with van der Waals surface area (Å²) in [6, 6.07) is -0.0680. The van der Waals surface area contributed by atoms with Crippen LogP contribution < -0.4 is 9.60 Å². The molecule has 98 valence electrons. The quantitative estimate of drug-likeness (QED) is 0.829. The molecule has 17 heavy (non-hydrogen) atoms. The summed E-state index contributed by atoms with van der Waals surface area (Å²) in [5.41, 5.74) is 0.402. The first-order valence-corrected chi connectivity index (χ1v) is 7.92. The third kappa shape index (κ3) is 3.65. The van der Waals surface area contributed by atoms with Gasteiger partial charge in [-0.2, -0.15) is 0 Å². The second kappa shape index (κ2) is 5.79. The lowest BCUT2D eigenvalue weighted by Gasteiger charge is -2.15. The molecule has 0 aliphatic carbocycles. The number of nitrogens with one attached hydrogen (secondary N) is 2. The number of H-pyrrole nitrogens is 1. The summed E-state index contributed by atoms with van der Waals surface area (Å²) in [5, 5.41) is 0. The van der Waals surface area contributed by atoms with Crippen LogP contribution in [0.4, 0.5) is 0 Å². The molecule has 0 saturated carbocycles. The Labute approximate surface area is 105 Å². The second-order valence-electron chi connectivity index (χ2n) is 3.94. The van der Waals surface area contributed by atoms with Gasteiger partial charge in [0.05, 0.1) is 0 Å². The van der Waals surface area contributed by atoms with Crippen LogP contribution in [0.25, 0.3) is 0 Å². The van der Waals surface area contributed by atoms with Crippen LogP contribution >= 0.6 is 11.3 Å². The van der Waals surface area contributed by atoms with Gasteiger partial charge in [0.15, 0.2) is 4.21 Å². The van der Waals surface area contributed by atoms with E-state index in [2.05, 4.69) is 9.71 Å². The molecule has 0 aliphatic rings. The Hall–Kier alpha value is -0.660. The van der Waals surface area contributed by atoms with Crippen molar-refractivity contribution in [3.05, 3.63) is 15.4 Å². The van der Waals surface area contributed by atoms with E-state index in [0.717, 1.165) is 30.6 Å². The first-order valence-electron chi connectivity index (χ1n) is 5.62. The predicted octanol–water partition coefficient (Wildman–Crippen LogP) is 1.60. The van der Waals surface area contributed by atoms with Crippen molar-refractivity contribution in [1.29, 1.82) is 0 Å². The van der Waals surface area contributed by atoms with E-state index >= 15 is 0 Å². The molecular weight excluding hydrogens is 260 g/mol. The molecule has 0 saturated heterocycles. The first kappa shape index (κ1) is 14.4. The lowest BCUT2D eigenvalue weighted by molar-refractivity contribution is 0.513. The molecule has 1 aromatic rings. The lowest BCUT2D eigenvalue weighted by atomic mass is 10.1. The number of aromatic nitrogens is 1. The summed E-state index contributed by atoms with van der Waals surface area (Å²) in [6.07, 6.45) is 2.46. The van der Waals surface area contributed by atoms with E-state index in [1.54, 1.807) is 6.92 Å². The van der Waals surface area contributed by atoms with Crippen LogP contribution in [0.15, 0.2) is 9.00 Å². The van der Waals surface area contributed by atoms with Gasteiger partial charge in [0.1, 0.15) is 0 Å². The Morgan fingerprint density at radius 1 is 1.41 bits per heavy atom. The van der Waals surface area contributed by atoms with Crippen molar-refractivity contribution < 1.29 is 8.42 Å². The summed E-state index contributed by atoms with van der Waals surface area (Å²) in [4.78, 5) is 13.2. The maximum atomic E-state index is 12.1. The average Bonchev–Trinajstić information content (AvgIpc) is 2.57. The van der Waals surface area contributed by atoms with Gasteiger partial charge < -0.3 is 4.98 Å². The van der Waals surface area contributed by atoms with Gasteiger partial charge in [-0.3, -0.25) is 4.79 Å². The van der Waals surface area contributed by atoms with Crippen LogP contribution in [-0.2, 0) is 10.0 Å². The maximum absolute atomic E-state index is 12.1. The number of thiazole rings is 1. The van der Waals surface area contributed by atoms with E-state index in [4.69, 9.17) is 0 Å². The second-order valence-corrected chi connectivity index (χ2v) is 6.83. The molecule has 2 N–H and O–H groups in total. The normalized spacial score (nSPS) is 13.8. The highest BCUT2D eigenvalue weighted by atomic mass is 32.2. The summed E-state index contributed by atoms with van der Waals surface area (Å²) >= 11 is 0.730. The number of aryl methyl sites for hydroxylation is 1. The van der Waals surface area contributed by atoms with Crippen LogP contribution in [0.3, 0.4) is 0 Å². The molecule has 7 heteroatoms. The molecule has 0 radical (unpaired) electrons. The number of aromatic amines is 1. The van der Waals surface area contributed by atoms with E-state index < -0.39 is 10.0 Å². The zero-order valence-electron chi connectivity index (χ0n) is 10.2. The minimum absolute atomic E-state index is 0.0680. The van der Waals surface area contributed by atoms with Crippen LogP contribution in [0, 0.1) is 6.92 Å². The summed E-state index contributed by atoms with van der Waals surface area (Å²) in [6.45, 7) is 5.54. The SMILES string of the molecule is CCCC(CC)NS(=O)(=O)c1sc(=O)[nH]c1C. The van der Waals surface area contributed by atoms with Crippen molar-refractivity contribution in [1.82, 2.24) is 9.71 Å². The van der Waals surface area contributed by atoms with Crippen LogP contribution in [0.1, 0.15) is 38.8 Å².